The Morgan fingerprint density at radius 3 is 2.65 bits per heavy atom. The van der Waals surface area contributed by atoms with E-state index in [1.54, 1.807) is 18.2 Å². The van der Waals surface area contributed by atoms with Gasteiger partial charge in [0.1, 0.15) is 5.76 Å². The number of hydrogen-bond acceptors (Lipinski definition) is 3. The van der Waals surface area contributed by atoms with Gasteiger partial charge in [-0.05, 0) is 54.7 Å². The SMILES string of the molecule is O=C(/C=C/c1ccco1)NC(=S)Nc1ccc(Br)cc1. The van der Waals surface area contributed by atoms with Crippen LogP contribution in [0.4, 0.5) is 5.69 Å². The lowest BCUT2D eigenvalue weighted by Crippen LogP contribution is -2.32. The molecule has 1 aromatic heterocycles. The van der Waals surface area contributed by atoms with Gasteiger partial charge in [0.2, 0.25) is 5.91 Å². The summed E-state index contributed by atoms with van der Waals surface area (Å²) in [5.41, 5.74) is 0.800. The minimum Gasteiger partial charge on any atom is -0.465 e. The molecule has 0 atom stereocenters. The topological polar surface area (TPSA) is 54.3 Å². The van der Waals surface area contributed by atoms with E-state index >= 15 is 0 Å². The second-order valence-electron chi connectivity index (χ2n) is 3.80. The molecule has 0 saturated carbocycles. The summed E-state index contributed by atoms with van der Waals surface area (Å²) in [6, 6.07) is 11.0. The predicted octanol–water partition coefficient (Wildman–Crippen LogP) is 3.57. The Morgan fingerprint density at radius 1 is 1.25 bits per heavy atom. The molecule has 0 fully saturated rings. The van der Waals surface area contributed by atoms with Gasteiger partial charge in [-0.3, -0.25) is 10.1 Å². The Hall–Kier alpha value is -1.92. The minimum absolute atomic E-state index is 0.237. The van der Waals surface area contributed by atoms with Gasteiger partial charge in [0.05, 0.1) is 6.26 Å². The monoisotopic (exact) mass is 350 g/mol. The number of carbonyl (C=O) groups is 1. The van der Waals surface area contributed by atoms with Gasteiger partial charge in [-0.2, -0.15) is 0 Å². The normalized spacial score (nSPS) is 10.4. The Balaban J connectivity index is 1.85. The third-order valence-electron chi connectivity index (χ3n) is 2.28. The third kappa shape index (κ3) is 4.64. The highest BCUT2D eigenvalue weighted by Crippen LogP contribution is 2.13. The van der Waals surface area contributed by atoms with Crippen LogP contribution in [-0.2, 0) is 4.79 Å². The Kier molecular flexibility index (Phi) is 5.09. The molecule has 1 amide bonds. The summed E-state index contributed by atoms with van der Waals surface area (Å²) in [5.74, 6) is 0.281. The Labute approximate surface area is 130 Å². The molecule has 4 nitrogen and oxygen atoms in total. The van der Waals surface area contributed by atoms with Crippen LogP contribution in [0.2, 0.25) is 0 Å². The van der Waals surface area contributed by atoms with Crippen LogP contribution >= 0.6 is 28.1 Å². The number of halogens is 1. The van der Waals surface area contributed by atoms with Crippen molar-refractivity contribution >= 4 is 50.9 Å². The molecule has 0 aliphatic carbocycles. The number of rotatable bonds is 3. The molecule has 6 heteroatoms. The molecule has 1 aromatic carbocycles. The number of benzene rings is 1. The molecule has 0 aliphatic rings. The van der Waals surface area contributed by atoms with Crippen molar-refractivity contribution in [1.29, 1.82) is 0 Å². The highest BCUT2D eigenvalue weighted by Gasteiger charge is 2.01. The van der Waals surface area contributed by atoms with Gasteiger partial charge < -0.3 is 9.73 Å². The maximum absolute atomic E-state index is 11.6. The van der Waals surface area contributed by atoms with E-state index in [4.69, 9.17) is 16.6 Å². The predicted molar refractivity (Wildman–Crippen MR) is 86.2 cm³/mol. The van der Waals surface area contributed by atoms with Crippen molar-refractivity contribution < 1.29 is 9.21 Å². The second kappa shape index (κ2) is 7.02. The lowest BCUT2D eigenvalue weighted by molar-refractivity contribution is -0.115. The van der Waals surface area contributed by atoms with Crippen LogP contribution in [0.25, 0.3) is 6.08 Å². The Morgan fingerprint density at radius 2 is 2.00 bits per heavy atom. The minimum atomic E-state index is -0.323. The summed E-state index contributed by atoms with van der Waals surface area (Å²) in [6.07, 6.45) is 4.46. The van der Waals surface area contributed by atoms with Crippen molar-refractivity contribution in [2.24, 2.45) is 0 Å². The van der Waals surface area contributed by atoms with Gasteiger partial charge in [-0.1, -0.05) is 15.9 Å². The fourth-order valence-electron chi connectivity index (χ4n) is 1.39. The first kappa shape index (κ1) is 14.5. The number of anilines is 1. The summed E-state index contributed by atoms with van der Waals surface area (Å²) < 4.78 is 6.05. The summed E-state index contributed by atoms with van der Waals surface area (Å²) >= 11 is 8.39. The van der Waals surface area contributed by atoms with Crippen molar-refractivity contribution in [3.05, 3.63) is 59.0 Å². The zero-order valence-electron chi connectivity index (χ0n) is 10.3. The van der Waals surface area contributed by atoms with Gasteiger partial charge in [0, 0.05) is 16.2 Å². The molecule has 0 radical (unpaired) electrons. The van der Waals surface area contributed by atoms with Crippen LogP contribution in [-0.4, -0.2) is 11.0 Å². The first-order valence-corrected chi connectivity index (χ1v) is 6.93. The van der Waals surface area contributed by atoms with Gasteiger partial charge in [-0.25, -0.2) is 0 Å². The van der Waals surface area contributed by atoms with Gasteiger partial charge >= 0.3 is 0 Å². The van der Waals surface area contributed by atoms with E-state index in [-0.39, 0.29) is 11.0 Å². The van der Waals surface area contributed by atoms with E-state index < -0.39 is 0 Å². The highest BCUT2D eigenvalue weighted by atomic mass is 79.9. The summed E-state index contributed by atoms with van der Waals surface area (Å²) in [6.45, 7) is 0. The molecule has 2 aromatic rings. The number of amides is 1. The lowest BCUT2D eigenvalue weighted by Gasteiger charge is -2.07. The fraction of sp³-hybridized carbons (Fsp3) is 0. The second-order valence-corrected chi connectivity index (χ2v) is 5.12. The van der Waals surface area contributed by atoms with Crippen molar-refractivity contribution in [1.82, 2.24) is 5.32 Å². The highest BCUT2D eigenvalue weighted by molar-refractivity contribution is 9.10. The number of furan rings is 1. The zero-order valence-corrected chi connectivity index (χ0v) is 12.7. The summed E-state index contributed by atoms with van der Waals surface area (Å²) in [4.78, 5) is 11.6. The standard InChI is InChI=1S/C14H11BrN2O2S/c15-10-3-5-11(6-4-10)16-14(20)17-13(18)8-7-12-2-1-9-19-12/h1-9H,(H2,16,17,18,20)/b8-7+. The van der Waals surface area contributed by atoms with E-state index in [9.17, 15) is 4.79 Å². The summed E-state index contributed by atoms with van der Waals surface area (Å²) in [7, 11) is 0. The van der Waals surface area contributed by atoms with Gasteiger partial charge in [-0.15, -0.1) is 0 Å². The molecule has 0 unspecified atom stereocenters. The molecule has 0 bridgehead atoms. The fourth-order valence-corrected chi connectivity index (χ4v) is 1.88. The van der Waals surface area contributed by atoms with Gasteiger partial charge in [0.15, 0.2) is 5.11 Å². The van der Waals surface area contributed by atoms with E-state index in [1.165, 1.54) is 12.3 Å². The zero-order chi connectivity index (χ0) is 14.4. The number of hydrogen-bond donors (Lipinski definition) is 2. The van der Waals surface area contributed by atoms with Crippen molar-refractivity contribution in [3.63, 3.8) is 0 Å². The number of nitrogens with one attached hydrogen (secondary N) is 2. The van der Waals surface area contributed by atoms with Crippen LogP contribution in [0, 0.1) is 0 Å². The molecule has 2 rings (SSSR count). The molecule has 0 aliphatic heterocycles. The van der Waals surface area contributed by atoms with Gasteiger partial charge in [0.25, 0.3) is 0 Å². The van der Waals surface area contributed by atoms with E-state index in [2.05, 4.69) is 26.6 Å². The van der Waals surface area contributed by atoms with Crippen LogP contribution in [0.15, 0.2) is 57.6 Å². The first-order chi connectivity index (χ1) is 9.63. The van der Waals surface area contributed by atoms with Crippen molar-refractivity contribution in [2.75, 3.05) is 5.32 Å². The maximum atomic E-state index is 11.6. The van der Waals surface area contributed by atoms with Crippen molar-refractivity contribution in [2.45, 2.75) is 0 Å². The van der Waals surface area contributed by atoms with Crippen LogP contribution in [0.1, 0.15) is 5.76 Å². The molecule has 102 valence electrons. The average molecular weight is 351 g/mol. The molecule has 2 N–H and O–H groups in total. The molecule has 1 heterocycles. The number of carbonyl (C=O) groups excluding carboxylic acids is 1. The van der Waals surface area contributed by atoms with Crippen LogP contribution in [0.3, 0.4) is 0 Å². The van der Waals surface area contributed by atoms with Crippen molar-refractivity contribution in [3.8, 4) is 0 Å². The first-order valence-electron chi connectivity index (χ1n) is 5.72. The smallest absolute Gasteiger partial charge is 0.250 e. The molecular formula is C14H11BrN2O2S. The van der Waals surface area contributed by atoms with E-state index in [1.807, 2.05) is 24.3 Å². The average Bonchev–Trinajstić information content (AvgIpc) is 2.92. The van der Waals surface area contributed by atoms with E-state index in [0.717, 1.165) is 10.2 Å². The molecular weight excluding hydrogens is 340 g/mol. The third-order valence-corrected chi connectivity index (χ3v) is 3.01. The molecule has 0 spiro atoms. The maximum Gasteiger partial charge on any atom is 0.250 e. The molecule has 20 heavy (non-hydrogen) atoms. The van der Waals surface area contributed by atoms with Crippen LogP contribution in [0.5, 0.6) is 0 Å². The quantitative estimate of drug-likeness (QED) is 0.656. The lowest BCUT2D eigenvalue weighted by atomic mass is 10.3. The number of thiocarbonyl (C=S) groups is 1. The Bertz CT molecular complexity index is 621. The van der Waals surface area contributed by atoms with Crippen LogP contribution < -0.4 is 10.6 Å². The largest absolute Gasteiger partial charge is 0.465 e. The van der Waals surface area contributed by atoms with E-state index in [0.29, 0.717) is 5.76 Å². The summed E-state index contributed by atoms with van der Waals surface area (Å²) in [5, 5.41) is 5.70. The molecule has 0 saturated heterocycles.